The number of carbonyl (C=O) groups excluding carboxylic acids is 1. The number of hydrogen-bond donors (Lipinski definition) is 2. The summed E-state index contributed by atoms with van der Waals surface area (Å²) in [6, 6.07) is 9.24. The van der Waals surface area contributed by atoms with Crippen LogP contribution in [0.15, 0.2) is 36.5 Å². The summed E-state index contributed by atoms with van der Waals surface area (Å²) in [4.78, 5) is 18.7. The first kappa shape index (κ1) is 14.0. The highest BCUT2D eigenvalue weighted by Crippen LogP contribution is 2.22. The third-order valence-electron chi connectivity index (χ3n) is 4.03. The minimum absolute atomic E-state index is 0.0551. The van der Waals surface area contributed by atoms with Crippen molar-refractivity contribution >= 4 is 22.5 Å². The molecule has 1 aromatic carbocycles. The van der Waals surface area contributed by atoms with E-state index in [1.165, 1.54) is 0 Å². The number of nitrogens with one attached hydrogen (secondary N) is 1. The molecule has 2 atom stereocenters. The number of hydrogen-bond acceptors (Lipinski definition) is 4. The summed E-state index contributed by atoms with van der Waals surface area (Å²) in [7, 11) is 0. The largest absolute Gasteiger partial charge is 0.392 e. The molecule has 110 valence electrons. The smallest absolute Gasteiger partial charge is 0.241 e. The summed E-state index contributed by atoms with van der Waals surface area (Å²) in [5, 5.41) is 13.5. The minimum atomic E-state index is -0.318. The van der Waals surface area contributed by atoms with Crippen molar-refractivity contribution in [1.29, 1.82) is 0 Å². The maximum atomic E-state index is 12.4. The van der Waals surface area contributed by atoms with Crippen LogP contribution < -0.4 is 5.32 Å². The summed E-state index contributed by atoms with van der Waals surface area (Å²) >= 11 is 0. The number of amides is 1. The standard InChI is InChI=1S/C16H19N3O2/c1-11(19-9-7-12(20)10-19)16(21)18-15-6-2-5-14-13(15)4-3-8-17-14/h2-6,8,11-12,20H,7,9-10H2,1H3,(H,18,21)/t11?,12-/m0/s1. The predicted molar refractivity (Wildman–Crippen MR) is 82.0 cm³/mol. The molecule has 1 unspecified atom stereocenters. The van der Waals surface area contributed by atoms with Gasteiger partial charge in [0.05, 0.1) is 23.3 Å². The molecule has 2 aromatic rings. The molecule has 0 aliphatic carbocycles. The van der Waals surface area contributed by atoms with Gasteiger partial charge in [0.1, 0.15) is 0 Å². The second kappa shape index (κ2) is 5.79. The minimum Gasteiger partial charge on any atom is -0.392 e. The van der Waals surface area contributed by atoms with Crippen LogP contribution >= 0.6 is 0 Å². The Balaban J connectivity index is 1.77. The number of β-amino-alcohol motifs (C(OH)–C–C–N with tert-alkyl or cyclic N) is 1. The van der Waals surface area contributed by atoms with Crippen molar-refractivity contribution in [3.63, 3.8) is 0 Å². The number of rotatable bonds is 3. The first-order valence-corrected chi connectivity index (χ1v) is 7.22. The van der Waals surface area contributed by atoms with Gasteiger partial charge >= 0.3 is 0 Å². The summed E-state index contributed by atoms with van der Waals surface area (Å²) in [5.74, 6) is -0.0551. The Labute approximate surface area is 123 Å². The molecule has 2 heterocycles. The highest BCUT2D eigenvalue weighted by molar-refractivity contribution is 6.02. The van der Waals surface area contributed by atoms with Gasteiger partial charge in [0.2, 0.25) is 5.91 Å². The number of likely N-dealkylation sites (tertiary alicyclic amines) is 1. The van der Waals surface area contributed by atoms with Gasteiger partial charge in [0.15, 0.2) is 0 Å². The van der Waals surface area contributed by atoms with E-state index in [1.807, 2.05) is 42.2 Å². The molecule has 1 fully saturated rings. The molecule has 0 bridgehead atoms. The zero-order chi connectivity index (χ0) is 14.8. The number of carbonyl (C=O) groups is 1. The van der Waals surface area contributed by atoms with Crippen LogP contribution in [0.4, 0.5) is 5.69 Å². The van der Waals surface area contributed by atoms with E-state index in [-0.39, 0.29) is 18.1 Å². The number of aliphatic hydroxyl groups excluding tert-OH is 1. The fourth-order valence-corrected chi connectivity index (χ4v) is 2.74. The summed E-state index contributed by atoms with van der Waals surface area (Å²) in [5.41, 5.74) is 1.64. The van der Waals surface area contributed by atoms with E-state index < -0.39 is 0 Å². The number of benzene rings is 1. The molecule has 1 aromatic heterocycles. The molecule has 1 aliphatic rings. The van der Waals surface area contributed by atoms with Crippen LogP contribution in [0, 0.1) is 0 Å². The number of nitrogens with zero attached hydrogens (tertiary/aromatic N) is 2. The molecule has 1 aliphatic heterocycles. The molecule has 2 N–H and O–H groups in total. The van der Waals surface area contributed by atoms with Gasteiger partial charge in [-0.3, -0.25) is 14.7 Å². The average Bonchev–Trinajstić information content (AvgIpc) is 2.93. The Morgan fingerprint density at radius 3 is 3.05 bits per heavy atom. The third kappa shape index (κ3) is 2.89. The maximum Gasteiger partial charge on any atom is 0.241 e. The lowest BCUT2D eigenvalue weighted by atomic mass is 10.1. The van der Waals surface area contributed by atoms with E-state index in [0.29, 0.717) is 6.54 Å². The molecule has 1 amide bonds. The van der Waals surface area contributed by atoms with Gasteiger partial charge in [-0.05, 0) is 37.6 Å². The van der Waals surface area contributed by atoms with Crippen molar-refractivity contribution in [1.82, 2.24) is 9.88 Å². The van der Waals surface area contributed by atoms with E-state index in [0.717, 1.165) is 29.6 Å². The lowest BCUT2D eigenvalue weighted by Gasteiger charge is -2.23. The lowest BCUT2D eigenvalue weighted by Crippen LogP contribution is -2.41. The highest BCUT2D eigenvalue weighted by atomic mass is 16.3. The summed E-state index contributed by atoms with van der Waals surface area (Å²) in [6.07, 6.45) is 2.15. The zero-order valence-electron chi connectivity index (χ0n) is 12.0. The highest BCUT2D eigenvalue weighted by Gasteiger charge is 2.28. The molecule has 0 spiro atoms. The fourth-order valence-electron chi connectivity index (χ4n) is 2.74. The molecule has 0 radical (unpaired) electrons. The van der Waals surface area contributed by atoms with Crippen molar-refractivity contribution in [2.24, 2.45) is 0 Å². The van der Waals surface area contributed by atoms with Gasteiger partial charge in [0.25, 0.3) is 0 Å². The Morgan fingerprint density at radius 2 is 2.29 bits per heavy atom. The first-order chi connectivity index (χ1) is 10.1. The Hall–Kier alpha value is -1.98. The van der Waals surface area contributed by atoms with E-state index in [9.17, 15) is 9.90 Å². The SMILES string of the molecule is CC(C(=O)Nc1cccc2ncccc12)N1CC[C@H](O)C1. The van der Waals surface area contributed by atoms with Crippen molar-refractivity contribution in [3.05, 3.63) is 36.5 Å². The van der Waals surface area contributed by atoms with Crippen LogP contribution in [0.1, 0.15) is 13.3 Å². The van der Waals surface area contributed by atoms with Crippen LogP contribution in [0.25, 0.3) is 10.9 Å². The molecule has 0 saturated carbocycles. The number of aliphatic hydroxyl groups is 1. The lowest BCUT2D eigenvalue weighted by molar-refractivity contribution is -0.120. The Bertz CT molecular complexity index is 654. The average molecular weight is 285 g/mol. The molecular weight excluding hydrogens is 266 g/mol. The molecule has 1 saturated heterocycles. The van der Waals surface area contributed by atoms with Crippen molar-refractivity contribution in [2.45, 2.75) is 25.5 Å². The molecule has 5 nitrogen and oxygen atoms in total. The van der Waals surface area contributed by atoms with Crippen LogP contribution in [-0.4, -0.2) is 46.1 Å². The predicted octanol–water partition coefficient (Wildman–Crippen LogP) is 1.63. The summed E-state index contributed by atoms with van der Waals surface area (Å²) < 4.78 is 0. The molecular formula is C16H19N3O2. The Morgan fingerprint density at radius 1 is 1.43 bits per heavy atom. The monoisotopic (exact) mass is 285 g/mol. The van der Waals surface area contributed by atoms with Gasteiger partial charge in [-0.25, -0.2) is 0 Å². The number of pyridine rings is 1. The van der Waals surface area contributed by atoms with Gasteiger partial charge in [-0.2, -0.15) is 0 Å². The Kier molecular flexibility index (Phi) is 3.86. The van der Waals surface area contributed by atoms with Crippen molar-refractivity contribution in [3.8, 4) is 0 Å². The fraction of sp³-hybridized carbons (Fsp3) is 0.375. The van der Waals surface area contributed by atoms with Crippen LogP contribution in [0.3, 0.4) is 0 Å². The number of anilines is 1. The second-order valence-electron chi connectivity index (χ2n) is 5.48. The van der Waals surface area contributed by atoms with Gasteiger partial charge < -0.3 is 10.4 Å². The van der Waals surface area contributed by atoms with Gasteiger partial charge in [0, 0.05) is 24.7 Å². The van der Waals surface area contributed by atoms with Crippen molar-refractivity contribution < 1.29 is 9.90 Å². The van der Waals surface area contributed by atoms with Crippen LogP contribution in [-0.2, 0) is 4.79 Å². The number of aromatic nitrogens is 1. The third-order valence-corrected chi connectivity index (χ3v) is 4.03. The van der Waals surface area contributed by atoms with E-state index >= 15 is 0 Å². The number of fused-ring (bicyclic) bond motifs is 1. The normalized spacial score (nSPS) is 20.6. The molecule has 5 heteroatoms. The zero-order valence-corrected chi connectivity index (χ0v) is 12.0. The molecule has 21 heavy (non-hydrogen) atoms. The summed E-state index contributed by atoms with van der Waals surface area (Å²) in [6.45, 7) is 3.19. The van der Waals surface area contributed by atoms with E-state index in [1.54, 1.807) is 6.20 Å². The quantitative estimate of drug-likeness (QED) is 0.899. The van der Waals surface area contributed by atoms with E-state index in [4.69, 9.17) is 0 Å². The van der Waals surface area contributed by atoms with Crippen molar-refractivity contribution in [2.75, 3.05) is 18.4 Å². The van der Waals surface area contributed by atoms with Gasteiger partial charge in [-0.1, -0.05) is 6.07 Å². The van der Waals surface area contributed by atoms with E-state index in [2.05, 4.69) is 10.3 Å². The van der Waals surface area contributed by atoms with Crippen LogP contribution in [0.2, 0.25) is 0 Å². The first-order valence-electron chi connectivity index (χ1n) is 7.22. The molecule has 3 rings (SSSR count). The van der Waals surface area contributed by atoms with Gasteiger partial charge in [-0.15, -0.1) is 0 Å². The topological polar surface area (TPSA) is 65.5 Å². The van der Waals surface area contributed by atoms with Crippen LogP contribution in [0.5, 0.6) is 0 Å². The second-order valence-corrected chi connectivity index (χ2v) is 5.48. The maximum absolute atomic E-state index is 12.4.